The number of methoxy groups -OCH3 is 1. The average molecular weight is 301 g/mol. The van der Waals surface area contributed by atoms with E-state index in [1.54, 1.807) is 30.3 Å². The van der Waals surface area contributed by atoms with Gasteiger partial charge >= 0.3 is 0 Å². The first-order valence-electron chi connectivity index (χ1n) is 5.44. The Labute approximate surface area is 110 Å². The van der Waals surface area contributed by atoms with Crippen LogP contribution in [0.4, 0.5) is 0 Å². The summed E-state index contributed by atoms with van der Waals surface area (Å²) in [6.07, 6.45) is 2.51. The largest absolute Gasteiger partial charge is 0.480 e. The van der Waals surface area contributed by atoms with Crippen molar-refractivity contribution >= 4 is 21.8 Å². The van der Waals surface area contributed by atoms with Gasteiger partial charge in [-0.3, -0.25) is 4.79 Å². The van der Waals surface area contributed by atoms with E-state index in [1.165, 1.54) is 7.11 Å². The van der Waals surface area contributed by atoms with Gasteiger partial charge in [-0.25, -0.2) is 4.98 Å². The number of hydrogen-bond acceptors (Lipinski definition) is 3. The van der Waals surface area contributed by atoms with E-state index in [0.717, 1.165) is 6.42 Å². The molecule has 0 aliphatic rings. The second-order valence-electron chi connectivity index (χ2n) is 3.86. The Balaban J connectivity index is 2.74. The van der Waals surface area contributed by atoms with Crippen molar-refractivity contribution in [2.24, 2.45) is 0 Å². The lowest BCUT2D eigenvalue weighted by atomic mass is 10.2. The van der Waals surface area contributed by atoms with Gasteiger partial charge in [-0.2, -0.15) is 0 Å². The second-order valence-corrected chi connectivity index (χ2v) is 5.42. The van der Waals surface area contributed by atoms with Crippen LogP contribution in [0.15, 0.2) is 18.3 Å². The first kappa shape index (κ1) is 14.0. The van der Waals surface area contributed by atoms with E-state index in [1.807, 2.05) is 0 Å². The van der Waals surface area contributed by atoms with Crippen LogP contribution in [0.3, 0.4) is 0 Å². The van der Waals surface area contributed by atoms with E-state index in [-0.39, 0.29) is 5.91 Å². The maximum atomic E-state index is 12.1. The molecule has 4 nitrogen and oxygen atoms in total. The van der Waals surface area contributed by atoms with E-state index in [2.05, 4.69) is 27.8 Å². The van der Waals surface area contributed by atoms with Crippen molar-refractivity contribution in [1.82, 2.24) is 9.88 Å². The Bertz CT molecular complexity index is 383. The van der Waals surface area contributed by atoms with Gasteiger partial charge in [0.15, 0.2) is 0 Å². The number of amides is 1. The van der Waals surface area contributed by atoms with Gasteiger partial charge in [-0.1, -0.05) is 22.9 Å². The van der Waals surface area contributed by atoms with E-state index in [9.17, 15) is 4.79 Å². The summed E-state index contributed by atoms with van der Waals surface area (Å²) >= 11 is 3.46. The molecule has 0 aliphatic carbocycles. The van der Waals surface area contributed by atoms with Gasteiger partial charge in [0.1, 0.15) is 5.56 Å². The maximum absolute atomic E-state index is 12.1. The molecule has 17 heavy (non-hydrogen) atoms. The Morgan fingerprint density at radius 2 is 2.35 bits per heavy atom. The summed E-state index contributed by atoms with van der Waals surface area (Å²) in [5.41, 5.74) is 0.500. The highest BCUT2D eigenvalue weighted by Crippen LogP contribution is 2.16. The van der Waals surface area contributed by atoms with Crippen LogP contribution in [-0.2, 0) is 0 Å². The number of pyridine rings is 1. The van der Waals surface area contributed by atoms with Crippen molar-refractivity contribution in [3.63, 3.8) is 0 Å². The standard InChI is InChI=1S/C12H17BrN2O2/c1-9(13)6-8-15(2)12(16)10-5-4-7-14-11(10)17-3/h4-5,7,9H,6,8H2,1-3H3. The van der Waals surface area contributed by atoms with Crippen LogP contribution >= 0.6 is 15.9 Å². The molecular weight excluding hydrogens is 284 g/mol. The molecule has 1 rings (SSSR count). The first-order valence-corrected chi connectivity index (χ1v) is 6.36. The SMILES string of the molecule is COc1ncccc1C(=O)N(C)CCC(C)Br. The Morgan fingerprint density at radius 3 is 2.94 bits per heavy atom. The fourth-order valence-corrected chi connectivity index (χ4v) is 1.60. The number of rotatable bonds is 5. The Morgan fingerprint density at radius 1 is 1.65 bits per heavy atom. The summed E-state index contributed by atoms with van der Waals surface area (Å²) in [7, 11) is 3.30. The zero-order valence-electron chi connectivity index (χ0n) is 10.3. The van der Waals surface area contributed by atoms with Crippen molar-refractivity contribution in [2.45, 2.75) is 18.2 Å². The quantitative estimate of drug-likeness (QED) is 0.784. The van der Waals surface area contributed by atoms with Crippen molar-refractivity contribution in [3.8, 4) is 5.88 Å². The molecule has 0 aromatic carbocycles. The fourth-order valence-electron chi connectivity index (χ4n) is 1.39. The third-order valence-electron chi connectivity index (χ3n) is 2.40. The van der Waals surface area contributed by atoms with Crippen molar-refractivity contribution in [3.05, 3.63) is 23.9 Å². The van der Waals surface area contributed by atoms with Crippen LogP contribution in [0.5, 0.6) is 5.88 Å². The number of carbonyl (C=O) groups is 1. The minimum atomic E-state index is -0.0666. The molecule has 0 radical (unpaired) electrons. The van der Waals surface area contributed by atoms with Crippen molar-refractivity contribution in [2.75, 3.05) is 20.7 Å². The third-order valence-corrected chi connectivity index (χ3v) is 2.86. The topological polar surface area (TPSA) is 42.4 Å². The summed E-state index contributed by atoms with van der Waals surface area (Å²) in [5.74, 6) is 0.305. The molecule has 5 heteroatoms. The number of ether oxygens (including phenoxy) is 1. The normalized spacial score (nSPS) is 12.0. The highest BCUT2D eigenvalue weighted by atomic mass is 79.9. The molecule has 0 bridgehead atoms. The molecule has 0 aliphatic heterocycles. The van der Waals surface area contributed by atoms with Crippen LogP contribution < -0.4 is 4.74 Å². The molecule has 0 N–H and O–H groups in total. The first-order chi connectivity index (χ1) is 8.06. The van der Waals surface area contributed by atoms with Crippen LogP contribution in [0, 0.1) is 0 Å². The summed E-state index contributed by atoms with van der Waals surface area (Å²) in [6, 6.07) is 3.46. The summed E-state index contributed by atoms with van der Waals surface area (Å²) in [6.45, 7) is 2.76. The molecule has 1 aromatic rings. The zero-order chi connectivity index (χ0) is 12.8. The van der Waals surface area contributed by atoms with Crippen LogP contribution in [0.2, 0.25) is 0 Å². The van der Waals surface area contributed by atoms with E-state index in [4.69, 9.17) is 4.74 Å². The van der Waals surface area contributed by atoms with Crippen LogP contribution in [-0.4, -0.2) is 41.3 Å². The fraction of sp³-hybridized carbons (Fsp3) is 0.500. The van der Waals surface area contributed by atoms with Gasteiger partial charge in [0.25, 0.3) is 5.91 Å². The molecule has 1 atom stereocenters. The van der Waals surface area contributed by atoms with Gasteiger partial charge in [0.05, 0.1) is 7.11 Å². The minimum Gasteiger partial charge on any atom is -0.480 e. The van der Waals surface area contributed by atoms with Crippen molar-refractivity contribution in [1.29, 1.82) is 0 Å². The lowest BCUT2D eigenvalue weighted by Gasteiger charge is -2.18. The van der Waals surface area contributed by atoms with Gasteiger partial charge < -0.3 is 9.64 Å². The Hall–Kier alpha value is -1.10. The van der Waals surface area contributed by atoms with Crippen molar-refractivity contribution < 1.29 is 9.53 Å². The maximum Gasteiger partial charge on any atom is 0.259 e. The molecule has 0 saturated carbocycles. The lowest BCUT2D eigenvalue weighted by Crippen LogP contribution is -2.29. The monoisotopic (exact) mass is 300 g/mol. The predicted molar refractivity (Wildman–Crippen MR) is 70.8 cm³/mol. The molecule has 0 fully saturated rings. The number of aromatic nitrogens is 1. The van der Waals surface area contributed by atoms with Gasteiger partial charge in [-0.05, 0) is 18.6 Å². The highest BCUT2D eigenvalue weighted by molar-refractivity contribution is 9.09. The average Bonchev–Trinajstić information content (AvgIpc) is 2.34. The molecule has 0 saturated heterocycles. The molecule has 0 spiro atoms. The molecule has 1 unspecified atom stereocenters. The summed E-state index contributed by atoms with van der Waals surface area (Å²) in [5, 5.41) is 0. The highest BCUT2D eigenvalue weighted by Gasteiger charge is 2.17. The summed E-state index contributed by atoms with van der Waals surface area (Å²) in [4.78, 5) is 18.2. The molecule has 1 aromatic heterocycles. The number of hydrogen-bond donors (Lipinski definition) is 0. The molecule has 94 valence electrons. The molecule has 1 amide bonds. The van der Waals surface area contributed by atoms with E-state index in [0.29, 0.717) is 22.8 Å². The predicted octanol–water partition coefficient (Wildman–Crippen LogP) is 2.34. The smallest absolute Gasteiger partial charge is 0.259 e. The zero-order valence-corrected chi connectivity index (χ0v) is 11.9. The van der Waals surface area contributed by atoms with Gasteiger partial charge in [-0.15, -0.1) is 0 Å². The molecular formula is C12H17BrN2O2. The molecule has 1 heterocycles. The second kappa shape index (κ2) is 6.59. The number of carbonyl (C=O) groups excluding carboxylic acids is 1. The van der Waals surface area contributed by atoms with Gasteiger partial charge in [0, 0.05) is 24.6 Å². The van der Waals surface area contributed by atoms with Crippen LogP contribution in [0.25, 0.3) is 0 Å². The lowest BCUT2D eigenvalue weighted by molar-refractivity contribution is 0.0790. The minimum absolute atomic E-state index is 0.0666. The summed E-state index contributed by atoms with van der Waals surface area (Å²) < 4.78 is 5.07. The van der Waals surface area contributed by atoms with Gasteiger partial charge in [0.2, 0.25) is 5.88 Å². The Kier molecular flexibility index (Phi) is 5.41. The number of alkyl halides is 1. The number of nitrogens with zero attached hydrogens (tertiary/aromatic N) is 2. The van der Waals surface area contributed by atoms with E-state index < -0.39 is 0 Å². The third kappa shape index (κ3) is 4.00. The van der Waals surface area contributed by atoms with E-state index >= 15 is 0 Å². The van der Waals surface area contributed by atoms with Crippen LogP contribution in [0.1, 0.15) is 23.7 Å². The number of halogens is 1.